The SMILES string of the molecule is c1ccc(CN2CCc3ccccc3I(c3ccccc3)O2)cc1. The molecule has 24 heavy (non-hydrogen) atoms. The summed E-state index contributed by atoms with van der Waals surface area (Å²) in [5.74, 6) is 0. The maximum atomic E-state index is 6.62. The summed E-state index contributed by atoms with van der Waals surface area (Å²) < 4.78 is 9.41. The molecular weight excluding hydrogens is 409 g/mol. The van der Waals surface area contributed by atoms with Crippen molar-refractivity contribution in [3.63, 3.8) is 0 Å². The van der Waals surface area contributed by atoms with Gasteiger partial charge in [0.1, 0.15) is 0 Å². The van der Waals surface area contributed by atoms with Gasteiger partial charge < -0.3 is 0 Å². The van der Waals surface area contributed by atoms with E-state index in [-0.39, 0.29) is 0 Å². The molecule has 0 bridgehead atoms. The molecule has 1 heterocycles. The first-order valence-corrected chi connectivity index (χ1v) is 11.2. The normalized spacial score (nSPS) is 16.4. The molecule has 4 rings (SSSR count). The first-order chi connectivity index (χ1) is 11.9. The Kier molecular flexibility index (Phi) is 4.92. The van der Waals surface area contributed by atoms with Gasteiger partial charge in [-0.1, -0.05) is 0 Å². The molecular formula is C21H20INO. The zero-order chi connectivity index (χ0) is 16.2. The first kappa shape index (κ1) is 15.8. The quantitative estimate of drug-likeness (QED) is 0.535. The Hall–Kier alpha value is -1.69. The fourth-order valence-electron chi connectivity index (χ4n) is 2.86. The van der Waals surface area contributed by atoms with E-state index in [1.807, 2.05) is 0 Å². The predicted octanol–water partition coefficient (Wildman–Crippen LogP) is 5.14. The second-order valence-corrected chi connectivity index (χ2v) is 10.0. The van der Waals surface area contributed by atoms with Gasteiger partial charge in [0.05, 0.1) is 0 Å². The van der Waals surface area contributed by atoms with Crippen LogP contribution in [0.2, 0.25) is 0 Å². The molecule has 0 saturated heterocycles. The average molecular weight is 429 g/mol. The molecule has 0 unspecified atom stereocenters. The third-order valence-corrected chi connectivity index (χ3v) is 8.98. The van der Waals surface area contributed by atoms with Crippen LogP contribution in [-0.4, -0.2) is 11.6 Å². The van der Waals surface area contributed by atoms with Crippen molar-refractivity contribution in [2.75, 3.05) is 6.54 Å². The number of hydrogen-bond acceptors (Lipinski definition) is 2. The Balaban J connectivity index is 1.66. The monoisotopic (exact) mass is 429 g/mol. The van der Waals surface area contributed by atoms with Gasteiger partial charge in [-0.25, -0.2) is 0 Å². The van der Waals surface area contributed by atoms with Crippen LogP contribution in [-0.2, 0) is 16.1 Å². The maximum absolute atomic E-state index is 6.62. The number of rotatable bonds is 3. The molecule has 122 valence electrons. The Morgan fingerprint density at radius 3 is 2.25 bits per heavy atom. The van der Waals surface area contributed by atoms with E-state index in [9.17, 15) is 0 Å². The minimum absolute atomic E-state index is 0.843. The van der Waals surface area contributed by atoms with Gasteiger partial charge in [-0.15, -0.1) is 0 Å². The van der Waals surface area contributed by atoms with Gasteiger partial charge in [0, 0.05) is 0 Å². The van der Waals surface area contributed by atoms with E-state index in [0.717, 1.165) is 19.5 Å². The zero-order valence-electron chi connectivity index (χ0n) is 13.4. The van der Waals surface area contributed by atoms with Gasteiger partial charge in [-0.2, -0.15) is 0 Å². The van der Waals surface area contributed by atoms with Crippen LogP contribution in [0.25, 0.3) is 0 Å². The van der Waals surface area contributed by atoms with Gasteiger partial charge in [-0.05, 0) is 0 Å². The Labute approximate surface area is 151 Å². The minimum atomic E-state index is -1.91. The second-order valence-electron chi connectivity index (χ2n) is 5.80. The van der Waals surface area contributed by atoms with Crippen LogP contribution < -0.4 is 0 Å². The molecule has 0 spiro atoms. The van der Waals surface area contributed by atoms with E-state index in [0.29, 0.717) is 0 Å². The van der Waals surface area contributed by atoms with Crippen molar-refractivity contribution in [2.24, 2.45) is 0 Å². The fraction of sp³-hybridized carbons (Fsp3) is 0.143. The molecule has 1 aliphatic heterocycles. The molecule has 2 nitrogen and oxygen atoms in total. The number of fused-ring (bicyclic) bond motifs is 1. The summed E-state index contributed by atoms with van der Waals surface area (Å²) in [5.41, 5.74) is 2.74. The Morgan fingerprint density at radius 2 is 1.46 bits per heavy atom. The number of hydrogen-bond donors (Lipinski definition) is 0. The van der Waals surface area contributed by atoms with Crippen molar-refractivity contribution in [3.8, 4) is 0 Å². The predicted molar refractivity (Wildman–Crippen MR) is 106 cm³/mol. The molecule has 3 heteroatoms. The summed E-state index contributed by atoms with van der Waals surface area (Å²) in [6.45, 7) is 1.78. The molecule has 0 aliphatic carbocycles. The van der Waals surface area contributed by atoms with Crippen molar-refractivity contribution >= 4 is 20.2 Å². The summed E-state index contributed by atoms with van der Waals surface area (Å²) in [4.78, 5) is 0. The summed E-state index contributed by atoms with van der Waals surface area (Å²) in [5, 5.41) is 2.17. The van der Waals surface area contributed by atoms with Crippen LogP contribution in [0.5, 0.6) is 0 Å². The Bertz CT molecular complexity index is 791. The summed E-state index contributed by atoms with van der Waals surface area (Å²) in [6, 6.07) is 30.1. The number of halogens is 1. The van der Waals surface area contributed by atoms with Gasteiger partial charge >= 0.3 is 151 Å². The molecule has 0 atom stereocenters. The molecule has 0 amide bonds. The van der Waals surface area contributed by atoms with Gasteiger partial charge in [-0.3, -0.25) is 0 Å². The van der Waals surface area contributed by atoms with Crippen LogP contribution in [0.1, 0.15) is 11.1 Å². The van der Waals surface area contributed by atoms with E-state index in [1.54, 1.807) is 0 Å². The van der Waals surface area contributed by atoms with Crippen molar-refractivity contribution in [1.29, 1.82) is 0 Å². The molecule has 0 fully saturated rings. The van der Waals surface area contributed by atoms with Gasteiger partial charge in [0.15, 0.2) is 0 Å². The van der Waals surface area contributed by atoms with Crippen molar-refractivity contribution in [1.82, 2.24) is 5.06 Å². The molecule has 3 aromatic carbocycles. The third kappa shape index (κ3) is 3.53. The van der Waals surface area contributed by atoms with E-state index >= 15 is 0 Å². The zero-order valence-corrected chi connectivity index (χ0v) is 15.6. The van der Waals surface area contributed by atoms with E-state index in [2.05, 4.69) is 90.0 Å². The Morgan fingerprint density at radius 1 is 0.792 bits per heavy atom. The number of benzene rings is 3. The number of hydroxylamine groups is 2. The van der Waals surface area contributed by atoms with Crippen LogP contribution in [0.15, 0.2) is 84.9 Å². The van der Waals surface area contributed by atoms with Crippen LogP contribution in [0, 0.1) is 7.14 Å². The summed E-state index contributed by atoms with van der Waals surface area (Å²) >= 11 is -1.91. The van der Waals surface area contributed by atoms with Gasteiger partial charge in [0.25, 0.3) is 0 Å². The van der Waals surface area contributed by atoms with Crippen LogP contribution >= 0.6 is 20.2 Å². The summed E-state index contributed by atoms with van der Waals surface area (Å²) in [7, 11) is 0. The van der Waals surface area contributed by atoms with Crippen LogP contribution in [0.3, 0.4) is 0 Å². The average Bonchev–Trinajstić information content (AvgIpc) is 2.83. The van der Waals surface area contributed by atoms with Crippen molar-refractivity contribution in [2.45, 2.75) is 13.0 Å². The fourth-order valence-corrected chi connectivity index (χ4v) is 7.55. The van der Waals surface area contributed by atoms with E-state index in [4.69, 9.17) is 3.17 Å². The molecule has 0 aromatic heterocycles. The van der Waals surface area contributed by atoms with Gasteiger partial charge in [0.2, 0.25) is 0 Å². The third-order valence-electron chi connectivity index (χ3n) is 4.07. The van der Waals surface area contributed by atoms with Crippen molar-refractivity contribution in [3.05, 3.63) is 103 Å². The van der Waals surface area contributed by atoms with Crippen LogP contribution in [0.4, 0.5) is 0 Å². The van der Waals surface area contributed by atoms with Crippen molar-refractivity contribution < 1.29 is 3.17 Å². The molecule has 0 radical (unpaired) electrons. The standard InChI is InChI=1S/C21H20INO/c1-3-9-18(10-4-1)17-23-16-15-19-11-7-8-14-21(19)22(24-23)20-12-5-2-6-13-20/h1-14H,15-17H2. The molecule has 0 N–H and O–H groups in total. The summed E-state index contributed by atoms with van der Waals surface area (Å²) in [6.07, 6.45) is 1.05. The first-order valence-electron chi connectivity index (χ1n) is 8.20. The van der Waals surface area contributed by atoms with E-state index in [1.165, 1.54) is 18.3 Å². The second kappa shape index (κ2) is 7.47. The molecule has 0 saturated carbocycles. The molecule has 3 aromatic rings. The molecule has 1 aliphatic rings. The topological polar surface area (TPSA) is 12.5 Å². The number of nitrogens with zero attached hydrogens (tertiary/aromatic N) is 1. The van der Waals surface area contributed by atoms with E-state index < -0.39 is 20.2 Å².